The molecule has 1 aliphatic heterocycles. The molecule has 3 nitrogen and oxygen atoms in total. The van der Waals surface area contributed by atoms with Gasteiger partial charge in [-0.1, -0.05) is 20.8 Å². The van der Waals surface area contributed by atoms with Crippen LogP contribution < -0.4 is 5.32 Å². The third-order valence-electron chi connectivity index (χ3n) is 3.66. The van der Waals surface area contributed by atoms with Crippen molar-refractivity contribution < 1.29 is 4.74 Å². The fourth-order valence-electron chi connectivity index (χ4n) is 2.51. The molecule has 0 radical (unpaired) electrons. The van der Waals surface area contributed by atoms with E-state index < -0.39 is 0 Å². The maximum absolute atomic E-state index is 5.75. The minimum absolute atomic E-state index is 0.729. The third-order valence-corrected chi connectivity index (χ3v) is 3.66. The molecule has 1 unspecified atom stereocenters. The van der Waals surface area contributed by atoms with Crippen LogP contribution in [0.25, 0.3) is 0 Å². The predicted octanol–water partition coefficient (Wildman–Crippen LogP) is 2.51. The van der Waals surface area contributed by atoms with Crippen molar-refractivity contribution in [2.75, 3.05) is 39.4 Å². The minimum atomic E-state index is 0.729. The van der Waals surface area contributed by atoms with E-state index >= 15 is 0 Å². The van der Waals surface area contributed by atoms with Crippen LogP contribution in [0, 0.1) is 5.92 Å². The number of hydrogen-bond donors (Lipinski definition) is 1. The fraction of sp³-hybridized carbons (Fsp3) is 1.00. The Balaban J connectivity index is 2.16. The highest BCUT2D eigenvalue weighted by molar-refractivity contribution is 4.78. The molecule has 1 saturated heterocycles. The van der Waals surface area contributed by atoms with E-state index in [-0.39, 0.29) is 0 Å². The van der Waals surface area contributed by atoms with Crippen LogP contribution in [0.2, 0.25) is 0 Å². The summed E-state index contributed by atoms with van der Waals surface area (Å²) in [6, 6.07) is 0.729. The van der Waals surface area contributed by atoms with Gasteiger partial charge in [-0.25, -0.2) is 0 Å². The van der Waals surface area contributed by atoms with Gasteiger partial charge in [0, 0.05) is 25.7 Å². The van der Waals surface area contributed by atoms with Gasteiger partial charge in [0.1, 0.15) is 0 Å². The second-order valence-electron chi connectivity index (χ2n) is 5.83. The first-order chi connectivity index (χ1) is 8.74. The molecule has 0 bridgehead atoms. The predicted molar refractivity (Wildman–Crippen MR) is 78.0 cm³/mol. The molecule has 1 atom stereocenters. The molecule has 0 aliphatic carbocycles. The largest absolute Gasteiger partial charge is 0.380 e. The second-order valence-corrected chi connectivity index (χ2v) is 5.83. The maximum Gasteiger partial charge on any atom is 0.0593 e. The normalized spacial score (nSPS) is 20.8. The van der Waals surface area contributed by atoms with Crippen molar-refractivity contribution in [3.8, 4) is 0 Å². The van der Waals surface area contributed by atoms with Crippen LogP contribution in [-0.4, -0.2) is 50.3 Å². The summed E-state index contributed by atoms with van der Waals surface area (Å²) < 4.78 is 5.75. The Morgan fingerprint density at radius 3 is 2.72 bits per heavy atom. The summed E-state index contributed by atoms with van der Waals surface area (Å²) in [6.07, 6.45) is 5.08. The Labute approximate surface area is 113 Å². The van der Waals surface area contributed by atoms with E-state index in [0.717, 1.165) is 38.3 Å². The van der Waals surface area contributed by atoms with E-state index in [4.69, 9.17) is 4.74 Å². The van der Waals surface area contributed by atoms with Gasteiger partial charge in [0.2, 0.25) is 0 Å². The Kier molecular flexibility index (Phi) is 8.64. The topological polar surface area (TPSA) is 24.5 Å². The lowest BCUT2D eigenvalue weighted by Gasteiger charge is -2.34. The van der Waals surface area contributed by atoms with Gasteiger partial charge in [-0.3, -0.25) is 4.90 Å². The molecule has 3 heteroatoms. The van der Waals surface area contributed by atoms with Gasteiger partial charge in [-0.15, -0.1) is 0 Å². The number of hydrogen-bond acceptors (Lipinski definition) is 3. The molecule has 0 saturated carbocycles. The number of ether oxygens (including phenoxy) is 1. The summed E-state index contributed by atoms with van der Waals surface area (Å²) in [5, 5.41) is 3.51. The fourth-order valence-corrected chi connectivity index (χ4v) is 2.51. The molecule has 0 aromatic heterocycles. The van der Waals surface area contributed by atoms with Gasteiger partial charge in [-0.05, 0) is 44.7 Å². The maximum atomic E-state index is 5.75. The van der Waals surface area contributed by atoms with Gasteiger partial charge in [-0.2, -0.15) is 0 Å². The van der Waals surface area contributed by atoms with Crippen molar-refractivity contribution in [1.82, 2.24) is 10.2 Å². The smallest absolute Gasteiger partial charge is 0.0593 e. The molecule has 0 aromatic carbocycles. The highest BCUT2D eigenvalue weighted by atomic mass is 16.5. The zero-order valence-corrected chi connectivity index (χ0v) is 12.6. The van der Waals surface area contributed by atoms with E-state index in [0.29, 0.717) is 0 Å². The quantitative estimate of drug-likeness (QED) is 0.642. The van der Waals surface area contributed by atoms with Crippen LogP contribution in [0.5, 0.6) is 0 Å². The van der Waals surface area contributed by atoms with Crippen molar-refractivity contribution in [3.05, 3.63) is 0 Å². The molecule has 0 amide bonds. The van der Waals surface area contributed by atoms with Gasteiger partial charge >= 0.3 is 0 Å². The average molecular weight is 256 g/mol. The van der Waals surface area contributed by atoms with Crippen LogP contribution in [0.15, 0.2) is 0 Å². The highest BCUT2D eigenvalue weighted by Crippen LogP contribution is 2.10. The zero-order valence-electron chi connectivity index (χ0n) is 12.6. The van der Waals surface area contributed by atoms with Crippen LogP contribution in [0.3, 0.4) is 0 Å². The number of nitrogens with zero attached hydrogens (tertiary/aromatic N) is 1. The molecule has 0 aromatic rings. The van der Waals surface area contributed by atoms with Crippen molar-refractivity contribution in [2.24, 2.45) is 5.92 Å². The van der Waals surface area contributed by atoms with E-state index in [1.54, 1.807) is 0 Å². The SMILES string of the molecule is CCCN(CCOCCC(C)C)C1CCCNC1. The molecule has 18 heavy (non-hydrogen) atoms. The lowest BCUT2D eigenvalue weighted by Crippen LogP contribution is -2.47. The van der Waals surface area contributed by atoms with Crippen LogP contribution in [-0.2, 0) is 4.74 Å². The Morgan fingerprint density at radius 2 is 2.11 bits per heavy atom. The first kappa shape index (κ1) is 15.9. The van der Waals surface area contributed by atoms with Crippen molar-refractivity contribution in [2.45, 2.75) is 52.5 Å². The van der Waals surface area contributed by atoms with E-state index in [1.165, 1.54) is 38.8 Å². The highest BCUT2D eigenvalue weighted by Gasteiger charge is 2.19. The Morgan fingerprint density at radius 1 is 1.28 bits per heavy atom. The molecule has 1 fully saturated rings. The summed E-state index contributed by atoms with van der Waals surface area (Å²) in [5.41, 5.74) is 0. The van der Waals surface area contributed by atoms with Crippen molar-refractivity contribution in [3.63, 3.8) is 0 Å². The van der Waals surface area contributed by atoms with Crippen LogP contribution in [0.1, 0.15) is 46.5 Å². The molecular weight excluding hydrogens is 224 g/mol. The summed E-state index contributed by atoms with van der Waals surface area (Å²) >= 11 is 0. The molecule has 1 aliphatic rings. The first-order valence-corrected chi connectivity index (χ1v) is 7.76. The summed E-state index contributed by atoms with van der Waals surface area (Å²) in [5.74, 6) is 0.749. The van der Waals surface area contributed by atoms with Gasteiger partial charge in [0.05, 0.1) is 6.61 Å². The molecule has 108 valence electrons. The lowest BCUT2D eigenvalue weighted by atomic mass is 10.1. The van der Waals surface area contributed by atoms with Crippen molar-refractivity contribution >= 4 is 0 Å². The van der Waals surface area contributed by atoms with E-state index in [2.05, 4.69) is 31.0 Å². The number of piperidine rings is 1. The Hall–Kier alpha value is -0.120. The zero-order chi connectivity index (χ0) is 13.2. The Bertz CT molecular complexity index is 191. The van der Waals surface area contributed by atoms with Crippen LogP contribution >= 0.6 is 0 Å². The molecule has 0 spiro atoms. The summed E-state index contributed by atoms with van der Waals surface area (Å²) in [4.78, 5) is 2.61. The van der Waals surface area contributed by atoms with Gasteiger partial charge in [0.25, 0.3) is 0 Å². The standard InChI is InChI=1S/C15H32N2O/c1-4-9-17(15-6-5-8-16-13-15)10-12-18-11-7-14(2)3/h14-16H,4-13H2,1-3H3. The minimum Gasteiger partial charge on any atom is -0.380 e. The van der Waals surface area contributed by atoms with E-state index in [9.17, 15) is 0 Å². The lowest BCUT2D eigenvalue weighted by molar-refractivity contribution is 0.0745. The molecule has 1 heterocycles. The third kappa shape index (κ3) is 6.72. The second kappa shape index (κ2) is 9.76. The number of nitrogens with one attached hydrogen (secondary N) is 1. The van der Waals surface area contributed by atoms with Gasteiger partial charge < -0.3 is 10.1 Å². The number of rotatable bonds is 9. The summed E-state index contributed by atoms with van der Waals surface area (Å²) in [6.45, 7) is 13.2. The monoisotopic (exact) mass is 256 g/mol. The molecule has 1 rings (SSSR count). The van der Waals surface area contributed by atoms with E-state index in [1.807, 2.05) is 0 Å². The average Bonchev–Trinajstić information content (AvgIpc) is 2.38. The van der Waals surface area contributed by atoms with Crippen LogP contribution in [0.4, 0.5) is 0 Å². The molecule has 1 N–H and O–H groups in total. The summed E-state index contributed by atoms with van der Waals surface area (Å²) in [7, 11) is 0. The van der Waals surface area contributed by atoms with Crippen molar-refractivity contribution in [1.29, 1.82) is 0 Å². The first-order valence-electron chi connectivity index (χ1n) is 7.76. The molecular formula is C15H32N2O. The van der Waals surface area contributed by atoms with Gasteiger partial charge in [0.15, 0.2) is 0 Å².